The topological polar surface area (TPSA) is 71.1 Å². The molecular weight excluding hydrogens is 250 g/mol. The summed E-state index contributed by atoms with van der Waals surface area (Å²) in [5.41, 5.74) is 0.829. The zero-order valence-electron chi connectivity index (χ0n) is 9.49. The molecule has 2 aromatic rings. The number of carbonyl (C=O) groups is 1. The number of nitrogens with one attached hydrogen (secondary N) is 1. The van der Waals surface area contributed by atoms with E-state index >= 15 is 0 Å². The average Bonchev–Trinajstić information content (AvgIpc) is 2.82. The summed E-state index contributed by atoms with van der Waals surface area (Å²) in [5.74, 6) is -0.470. The smallest absolute Gasteiger partial charge is 0.350 e. The van der Waals surface area contributed by atoms with E-state index < -0.39 is 12.1 Å². The van der Waals surface area contributed by atoms with Crippen LogP contribution in [-0.2, 0) is 4.79 Å². The van der Waals surface area contributed by atoms with Gasteiger partial charge in [0, 0.05) is 12.4 Å². The van der Waals surface area contributed by atoms with Gasteiger partial charge in [0.2, 0.25) is 0 Å². The van der Waals surface area contributed by atoms with Crippen molar-refractivity contribution in [1.29, 1.82) is 0 Å². The van der Waals surface area contributed by atoms with Crippen LogP contribution in [0.4, 0.5) is 5.00 Å². The van der Waals surface area contributed by atoms with Crippen LogP contribution in [-0.4, -0.2) is 23.5 Å². The Morgan fingerprint density at radius 3 is 3.06 bits per heavy atom. The summed E-state index contributed by atoms with van der Waals surface area (Å²) in [7, 11) is 1.46. The number of azo groups is 1. The molecule has 6 nitrogen and oxygen atoms in total. The number of hydrogen-bond donors (Lipinski definition) is 1. The van der Waals surface area contributed by atoms with E-state index in [0.29, 0.717) is 5.00 Å². The van der Waals surface area contributed by atoms with Gasteiger partial charge in [0.05, 0.1) is 5.52 Å². The predicted molar refractivity (Wildman–Crippen MR) is 68.6 cm³/mol. The van der Waals surface area contributed by atoms with E-state index in [1.54, 1.807) is 0 Å². The maximum Gasteiger partial charge on any atom is 0.410 e. The highest BCUT2D eigenvalue weighted by atomic mass is 32.1. The molecule has 1 aromatic carbocycles. The third-order valence-corrected chi connectivity index (χ3v) is 2.99. The summed E-state index contributed by atoms with van der Waals surface area (Å²) < 4.78 is 4.20. The number of amides is 1. The number of hydrogen-bond acceptors (Lipinski definition) is 5. The van der Waals surface area contributed by atoms with Crippen LogP contribution in [0.25, 0.3) is 15.7 Å². The molecular formula is C11H9N5OS. The van der Waals surface area contributed by atoms with Gasteiger partial charge in [0.25, 0.3) is 0 Å². The van der Waals surface area contributed by atoms with Crippen LogP contribution in [0, 0.1) is 6.57 Å². The fourth-order valence-electron chi connectivity index (χ4n) is 1.32. The van der Waals surface area contributed by atoms with E-state index in [2.05, 4.69) is 24.8 Å². The van der Waals surface area contributed by atoms with Crippen LogP contribution < -0.4 is 5.32 Å². The van der Waals surface area contributed by atoms with Crippen molar-refractivity contribution in [3.63, 3.8) is 0 Å². The number of likely N-dealkylation sites (N-methyl/N-ethyl adjacent to an activating group) is 1. The minimum Gasteiger partial charge on any atom is -0.350 e. The Hall–Kier alpha value is -2.33. The first-order valence-corrected chi connectivity index (χ1v) is 5.87. The molecule has 18 heavy (non-hydrogen) atoms. The van der Waals surface area contributed by atoms with Crippen LogP contribution in [0.1, 0.15) is 0 Å². The second-order valence-corrected chi connectivity index (χ2v) is 4.09. The molecule has 1 N–H and O–H groups in total. The van der Waals surface area contributed by atoms with Gasteiger partial charge in [-0.05, 0) is 23.7 Å². The van der Waals surface area contributed by atoms with Crippen LogP contribution in [0.2, 0.25) is 0 Å². The van der Waals surface area contributed by atoms with Gasteiger partial charge in [-0.1, -0.05) is 17.2 Å². The SMILES string of the molecule is [C-]#[N+]C(/N=N/c1snc2ccccc12)C(=O)NC. The van der Waals surface area contributed by atoms with Crippen molar-refractivity contribution < 1.29 is 4.79 Å². The molecule has 1 heterocycles. The van der Waals surface area contributed by atoms with Crippen molar-refractivity contribution in [2.24, 2.45) is 10.2 Å². The van der Waals surface area contributed by atoms with Gasteiger partial charge in [-0.2, -0.15) is 4.37 Å². The number of rotatable bonds is 3. The zero-order chi connectivity index (χ0) is 13.0. The fraction of sp³-hybridized carbons (Fsp3) is 0.182. The molecule has 0 radical (unpaired) electrons. The molecule has 0 saturated carbocycles. The Bertz CT molecular complexity index is 642. The number of aromatic nitrogens is 1. The van der Waals surface area contributed by atoms with Gasteiger partial charge in [-0.25, -0.2) is 6.57 Å². The van der Waals surface area contributed by atoms with Crippen LogP contribution in [0.3, 0.4) is 0 Å². The highest BCUT2D eigenvalue weighted by Crippen LogP contribution is 2.30. The van der Waals surface area contributed by atoms with Crippen LogP contribution in [0.5, 0.6) is 0 Å². The van der Waals surface area contributed by atoms with Crippen LogP contribution in [0.15, 0.2) is 34.5 Å². The lowest BCUT2D eigenvalue weighted by atomic mass is 10.2. The third kappa shape index (κ3) is 2.33. The zero-order valence-corrected chi connectivity index (χ0v) is 10.3. The van der Waals surface area contributed by atoms with Gasteiger partial charge in [0.1, 0.15) is 0 Å². The molecule has 0 spiro atoms. The number of nitrogens with zero attached hydrogens (tertiary/aromatic N) is 4. The van der Waals surface area contributed by atoms with Crippen molar-refractivity contribution in [3.8, 4) is 0 Å². The highest BCUT2D eigenvalue weighted by molar-refractivity contribution is 7.11. The molecule has 0 aliphatic heterocycles. The minimum atomic E-state index is -1.14. The van der Waals surface area contributed by atoms with Gasteiger partial charge < -0.3 is 5.32 Å². The maximum atomic E-state index is 11.3. The van der Waals surface area contributed by atoms with E-state index in [1.165, 1.54) is 18.6 Å². The second-order valence-electron chi connectivity index (χ2n) is 3.34. The fourth-order valence-corrected chi connectivity index (χ4v) is 2.02. The second kappa shape index (κ2) is 5.33. The van der Waals surface area contributed by atoms with E-state index in [0.717, 1.165) is 10.9 Å². The number of carbonyl (C=O) groups excluding carboxylic acids is 1. The van der Waals surface area contributed by atoms with Crippen molar-refractivity contribution >= 4 is 33.3 Å². The first-order valence-electron chi connectivity index (χ1n) is 5.09. The molecule has 90 valence electrons. The summed E-state index contributed by atoms with van der Waals surface area (Å²) in [5, 5.41) is 11.5. The van der Waals surface area contributed by atoms with E-state index in [1.807, 2.05) is 24.3 Å². The number of benzene rings is 1. The Morgan fingerprint density at radius 1 is 1.56 bits per heavy atom. The van der Waals surface area contributed by atoms with Crippen molar-refractivity contribution in [2.45, 2.75) is 6.17 Å². The molecule has 2 rings (SSSR count). The van der Waals surface area contributed by atoms with Gasteiger partial charge in [-0.15, -0.1) is 5.11 Å². The highest BCUT2D eigenvalue weighted by Gasteiger charge is 2.20. The molecule has 0 bridgehead atoms. The summed E-state index contributed by atoms with van der Waals surface area (Å²) in [6.45, 7) is 6.88. The molecule has 0 aliphatic carbocycles. The molecule has 1 atom stereocenters. The van der Waals surface area contributed by atoms with E-state index in [-0.39, 0.29) is 0 Å². The van der Waals surface area contributed by atoms with Gasteiger partial charge >= 0.3 is 12.1 Å². The van der Waals surface area contributed by atoms with Crippen LogP contribution >= 0.6 is 11.5 Å². The summed E-state index contributed by atoms with van der Waals surface area (Å²) in [6, 6.07) is 7.51. The summed E-state index contributed by atoms with van der Waals surface area (Å²) in [6.07, 6.45) is -1.14. The largest absolute Gasteiger partial charge is 0.410 e. The van der Waals surface area contributed by atoms with Gasteiger partial charge in [-0.3, -0.25) is 9.64 Å². The lowest BCUT2D eigenvalue weighted by molar-refractivity contribution is -0.120. The first kappa shape index (κ1) is 12.1. The molecule has 0 aliphatic rings. The predicted octanol–water partition coefficient (Wildman–Crippen LogP) is 2.37. The third-order valence-electron chi connectivity index (χ3n) is 2.23. The number of fused-ring (bicyclic) bond motifs is 1. The molecule has 1 unspecified atom stereocenters. The first-order chi connectivity index (χ1) is 8.76. The summed E-state index contributed by atoms with van der Waals surface area (Å²) in [4.78, 5) is 14.4. The molecule has 0 saturated heterocycles. The normalized spacial score (nSPS) is 12.4. The monoisotopic (exact) mass is 259 g/mol. The Balaban J connectivity index is 2.28. The van der Waals surface area contributed by atoms with Gasteiger partial charge in [0.15, 0.2) is 5.00 Å². The quantitative estimate of drug-likeness (QED) is 0.679. The van der Waals surface area contributed by atoms with Crippen molar-refractivity contribution in [3.05, 3.63) is 35.7 Å². The van der Waals surface area contributed by atoms with E-state index in [4.69, 9.17) is 6.57 Å². The standard InChI is InChI=1S/C11H9N5OS/c1-12-9(10(17)13-2)14-15-11-7-5-3-4-6-8(7)16-18-11/h3-6,9H,2H3,(H,13,17)/b15-14+. The lowest BCUT2D eigenvalue weighted by Gasteiger charge is -1.95. The average molecular weight is 259 g/mol. The Labute approximate surface area is 107 Å². The summed E-state index contributed by atoms with van der Waals surface area (Å²) >= 11 is 1.19. The van der Waals surface area contributed by atoms with Crippen molar-refractivity contribution in [2.75, 3.05) is 7.05 Å². The lowest BCUT2D eigenvalue weighted by Crippen LogP contribution is -2.27. The molecule has 0 fully saturated rings. The minimum absolute atomic E-state index is 0.470. The molecule has 7 heteroatoms. The molecule has 1 amide bonds. The van der Waals surface area contributed by atoms with Crippen molar-refractivity contribution in [1.82, 2.24) is 9.69 Å². The Morgan fingerprint density at radius 2 is 2.33 bits per heavy atom. The Kier molecular flexibility index (Phi) is 3.60. The maximum absolute atomic E-state index is 11.3. The molecule has 1 aromatic heterocycles. The van der Waals surface area contributed by atoms with E-state index in [9.17, 15) is 4.79 Å².